The number of aryl methyl sites for hydroxylation is 1. The van der Waals surface area contributed by atoms with Gasteiger partial charge in [0.15, 0.2) is 0 Å². The Morgan fingerprint density at radius 2 is 2.04 bits per heavy atom. The Morgan fingerprint density at radius 1 is 1.32 bits per heavy atom. The van der Waals surface area contributed by atoms with Gasteiger partial charge in [0.05, 0.1) is 11.8 Å². The van der Waals surface area contributed by atoms with E-state index in [-0.39, 0.29) is 11.9 Å². The second kappa shape index (κ2) is 7.31. The number of carbonyl (C=O) groups excluding carboxylic acids is 1. The predicted octanol–water partition coefficient (Wildman–Crippen LogP) is 2.43. The maximum absolute atomic E-state index is 13.8. The van der Waals surface area contributed by atoms with Crippen LogP contribution in [-0.4, -0.2) is 51.7 Å². The molecule has 0 bridgehead atoms. The molecular weight excluding hydrogens is 326 g/mol. The number of halogens is 2. The van der Waals surface area contributed by atoms with Crippen molar-refractivity contribution in [1.29, 1.82) is 0 Å². The Bertz CT molecular complexity index is 753. The summed E-state index contributed by atoms with van der Waals surface area (Å²) >= 11 is 0. The molecule has 134 valence electrons. The lowest BCUT2D eigenvalue weighted by atomic mass is 10.0. The van der Waals surface area contributed by atoms with Crippen LogP contribution in [0.1, 0.15) is 28.8 Å². The molecule has 1 aromatic heterocycles. The van der Waals surface area contributed by atoms with E-state index in [2.05, 4.69) is 10.00 Å². The highest BCUT2D eigenvalue weighted by atomic mass is 19.1. The lowest BCUT2D eigenvalue weighted by Gasteiger charge is -2.36. The Labute approximate surface area is 145 Å². The summed E-state index contributed by atoms with van der Waals surface area (Å²) in [5, 5.41) is 4.04. The molecule has 0 atom stereocenters. The molecule has 1 fully saturated rings. The fourth-order valence-electron chi connectivity index (χ4n) is 3.26. The summed E-state index contributed by atoms with van der Waals surface area (Å²) in [6, 6.07) is 3.85. The number of likely N-dealkylation sites (tertiary alicyclic amines) is 1. The molecule has 1 aromatic carbocycles. The quantitative estimate of drug-likeness (QED) is 0.852. The highest BCUT2D eigenvalue weighted by Gasteiger charge is 2.26. The lowest BCUT2D eigenvalue weighted by molar-refractivity contribution is 0.0635. The summed E-state index contributed by atoms with van der Waals surface area (Å²) in [6.45, 7) is 2.00. The SMILES string of the molecule is CN(C(=O)c1cnn(C)c1)C1CCN(Cc2ccc(F)cc2F)CC1. The topological polar surface area (TPSA) is 41.4 Å². The number of hydrogen-bond donors (Lipinski definition) is 0. The van der Waals surface area contributed by atoms with Gasteiger partial charge in [-0.1, -0.05) is 6.07 Å². The van der Waals surface area contributed by atoms with Crippen LogP contribution in [0.2, 0.25) is 0 Å². The van der Waals surface area contributed by atoms with Crippen LogP contribution in [-0.2, 0) is 13.6 Å². The van der Waals surface area contributed by atoms with Crippen LogP contribution in [0, 0.1) is 11.6 Å². The number of carbonyl (C=O) groups is 1. The van der Waals surface area contributed by atoms with Gasteiger partial charge < -0.3 is 4.90 Å². The van der Waals surface area contributed by atoms with Crippen LogP contribution in [0.25, 0.3) is 0 Å². The van der Waals surface area contributed by atoms with Gasteiger partial charge in [-0.2, -0.15) is 5.10 Å². The number of piperidine rings is 1. The predicted molar refractivity (Wildman–Crippen MR) is 90.0 cm³/mol. The van der Waals surface area contributed by atoms with E-state index >= 15 is 0 Å². The first-order chi connectivity index (χ1) is 11.9. The number of amides is 1. The lowest BCUT2D eigenvalue weighted by Crippen LogP contribution is -2.45. The molecule has 2 heterocycles. The number of hydrogen-bond acceptors (Lipinski definition) is 3. The largest absolute Gasteiger partial charge is 0.339 e. The van der Waals surface area contributed by atoms with Crippen LogP contribution in [0.5, 0.6) is 0 Å². The summed E-state index contributed by atoms with van der Waals surface area (Å²) in [5.41, 5.74) is 1.08. The number of rotatable bonds is 4. The van der Waals surface area contributed by atoms with Crippen molar-refractivity contribution in [3.63, 3.8) is 0 Å². The molecule has 0 unspecified atom stereocenters. The van der Waals surface area contributed by atoms with Gasteiger partial charge in [0.1, 0.15) is 11.6 Å². The third-order valence-electron chi connectivity index (χ3n) is 4.79. The second-order valence-corrected chi connectivity index (χ2v) is 6.56. The monoisotopic (exact) mass is 348 g/mol. The van der Waals surface area contributed by atoms with Crippen molar-refractivity contribution in [1.82, 2.24) is 19.6 Å². The van der Waals surface area contributed by atoms with Crippen LogP contribution in [0.3, 0.4) is 0 Å². The number of aromatic nitrogens is 2. The third kappa shape index (κ3) is 4.04. The van der Waals surface area contributed by atoms with Crippen molar-refractivity contribution in [3.8, 4) is 0 Å². The summed E-state index contributed by atoms with van der Waals surface area (Å²) in [6.07, 6.45) is 4.94. The number of nitrogens with zero attached hydrogens (tertiary/aromatic N) is 4. The summed E-state index contributed by atoms with van der Waals surface area (Å²) < 4.78 is 28.4. The van der Waals surface area contributed by atoms with Gasteiger partial charge in [0.2, 0.25) is 0 Å². The first-order valence-corrected chi connectivity index (χ1v) is 8.36. The Kier molecular flexibility index (Phi) is 5.13. The van der Waals surface area contributed by atoms with Gasteiger partial charge >= 0.3 is 0 Å². The van der Waals surface area contributed by atoms with Gasteiger partial charge in [0.25, 0.3) is 5.91 Å². The smallest absolute Gasteiger partial charge is 0.257 e. The van der Waals surface area contributed by atoms with E-state index in [4.69, 9.17) is 0 Å². The first kappa shape index (κ1) is 17.5. The van der Waals surface area contributed by atoms with E-state index in [1.54, 1.807) is 29.0 Å². The maximum atomic E-state index is 13.8. The fraction of sp³-hybridized carbons (Fsp3) is 0.444. The van der Waals surface area contributed by atoms with Crippen LogP contribution in [0.4, 0.5) is 8.78 Å². The second-order valence-electron chi connectivity index (χ2n) is 6.56. The van der Waals surface area contributed by atoms with Crippen molar-refractivity contribution in [2.75, 3.05) is 20.1 Å². The van der Waals surface area contributed by atoms with Crippen molar-refractivity contribution in [2.24, 2.45) is 7.05 Å². The molecule has 0 N–H and O–H groups in total. The molecule has 25 heavy (non-hydrogen) atoms. The highest BCUT2D eigenvalue weighted by molar-refractivity contribution is 5.93. The molecule has 0 aliphatic carbocycles. The Morgan fingerprint density at radius 3 is 2.64 bits per heavy atom. The first-order valence-electron chi connectivity index (χ1n) is 8.36. The molecule has 0 radical (unpaired) electrons. The molecule has 0 saturated carbocycles. The van der Waals surface area contributed by atoms with Crippen LogP contribution >= 0.6 is 0 Å². The Balaban J connectivity index is 1.55. The van der Waals surface area contributed by atoms with Gasteiger partial charge in [-0.05, 0) is 18.9 Å². The molecule has 1 saturated heterocycles. The molecule has 5 nitrogen and oxygen atoms in total. The summed E-state index contributed by atoms with van der Waals surface area (Å²) in [4.78, 5) is 16.4. The molecule has 0 spiro atoms. The normalized spacial score (nSPS) is 16.2. The number of benzene rings is 1. The van der Waals surface area contributed by atoms with E-state index in [1.807, 2.05) is 7.05 Å². The van der Waals surface area contributed by atoms with Gasteiger partial charge in [0, 0.05) is 57.6 Å². The zero-order valence-corrected chi connectivity index (χ0v) is 14.5. The van der Waals surface area contributed by atoms with E-state index in [0.29, 0.717) is 17.7 Å². The minimum Gasteiger partial charge on any atom is -0.339 e. The minimum atomic E-state index is -0.560. The van der Waals surface area contributed by atoms with E-state index < -0.39 is 11.6 Å². The summed E-state index contributed by atoms with van der Waals surface area (Å²) in [5.74, 6) is -1.10. The fourth-order valence-corrected chi connectivity index (χ4v) is 3.26. The Hall–Kier alpha value is -2.28. The zero-order chi connectivity index (χ0) is 18.0. The van der Waals surface area contributed by atoms with Crippen LogP contribution in [0.15, 0.2) is 30.6 Å². The van der Waals surface area contributed by atoms with Crippen molar-refractivity contribution < 1.29 is 13.6 Å². The molecule has 1 amide bonds. The summed E-state index contributed by atoms with van der Waals surface area (Å²) in [7, 11) is 3.60. The van der Waals surface area contributed by atoms with Crippen molar-refractivity contribution in [3.05, 3.63) is 53.4 Å². The van der Waals surface area contributed by atoms with E-state index in [0.717, 1.165) is 32.0 Å². The molecule has 2 aromatic rings. The maximum Gasteiger partial charge on any atom is 0.257 e. The van der Waals surface area contributed by atoms with E-state index in [9.17, 15) is 13.6 Å². The highest BCUT2D eigenvalue weighted by Crippen LogP contribution is 2.20. The standard InChI is InChI=1S/C18H22F2N4O/c1-22-11-14(10-21-22)18(25)23(2)16-5-7-24(8-6-16)12-13-3-4-15(19)9-17(13)20/h3-4,9-11,16H,5-8,12H2,1-2H3. The zero-order valence-electron chi connectivity index (χ0n) is 14.5. The molecule has 1 aliphatic heterocycles. The van der Waals surface area contributed by atoms with Crippen molar-refractivity contribution in [2.45, 2.75) is 25.4 Å². The molecule has 3 rings (SSSR count). The molecular formula is C18H22F2N4O. The molecule has 7 heteroatoms. The van der Waals surface area contributed by atoms with Gasteiger partial charge in [-0.3, -0.25) is 14.4 Å². The molecule has 1 aliphatic rings. The minimum absolute atomic E-state index is 0.0314. The van der Waals surface area contributed by atoms with Gasteiger partial charge in [-0.15, -0.1) is 0 Å². The average molecular weight is 348 g/mol. The van der Waals surface area contributed by atoms with E-state index in [1.165, 1.54) is 12.1 Å². The van der Waals surface area contributed by atoms with Crippen LogP contribution < -0.4 is 0 Å². The van der Waals surface area contributed by atoms with Crippen molar-refractivity contribution >= 4 is 5.91 Å². The average Bonchev–Trinajstić information content (AvgIpc) is 3.03. The van der Waals surface area contributed by atoms with Gasteiger partial charge in [-0.25, -0.2) is 8.78 Å². The third-order valence-corrected chi connectivity index (χ3v) is 4.79.